The molecule has 1 aromatic heterocycles. The van der Waals surface area contributed by atoms with E-state index in [2.05, 4.69) is 4.72 Å². The summed E-state index contributed by atoms with van der Waals surface area (Å²) in [4.78, 5) is 23.6. The van der Waals surface area contributed by atoms with E-state index >= 15 is 0 Å². The summed E-state index contributed by atoms with van der Waals surface area (Å²) in [6.07, 6.45) is 0.639. The molecule has 11 heteroatoms. The van der Waals surface area contributed by atoms with Crippen molar-refractivity contribution in [2.24, 2.45) is 0 Å². The predicted octanol–water partition coefficient (Wildman–Crippen LogP) is 3.14. The first-order valence-corrected chi connectivity index (χ1v) is 10.3. The molecule has 2 aromatic carbocycles. The minimum atomic E-state index is -4.07. The molecule has 0 saturated heterocycles. The number of aromatic nitrogens is 1. The van der Waals surface area contributed by atoms with Crippen LogP contribution in [0.3, 0.4) is 0 Å². The van der Waals surface area contributed by atoms with E-state index in [9.17, 15) is 22.4 Å². The SMILES string of the molecule is CCCOC(=O)Cn1c(=O)oc2cc(S(=O)(=O)Nc3ccc(F)c(Cl)c3)ccc21. The lowest BCUT2D eigenvalue weighted by molar-refractivity contribution is -0.144. The number of nitrogens with zero attached hydrogens (tertiary/aromatic N) is 1. The molecule has 0 aliphatic heterocycles. The quantitative estimate of drug-likeness (QED) is 0.563. The highest BCUT2D eigenvalue weighted by molar-refractivity contribution is 7.92. The lowest BCUT2D eigenvalue weighted by Crippen LogP contribution is -2.21. The van der Waals surface area contributed by atoms with E-state index in [4.69, 9.17) is 20.8 Å². The molecule has 0 aliphatic carbocycles. The number of anilines is 1. The van der Waals surface area contributed by atoms with Gasteiger partial charge in [0, 0.05) is 6.07 Å². The third kappa shape index (κ3) is 4.60. The fourth-order valence-corrected chi connectivity index (χ4v) is 3.77. The topological polar surface area (TPSA) is 108 Å². The Bertz CT molecular complexity index is 1230. The zero-order valence-electron chi connectivity index (χ0n) is 15.1. The van der Waals surface area contributed by atoms with Crippen molar-refractivity contribution in [2.45, 2.75) is 24.8 Å². The number of halogens is 2. The van der Waals surface area contributed by atoms with Gasteiger partial charge in [-0.25, -0.2) is 17.6 Å². The molecule has 0 radical (unpaired) electrons. The molecular formula is C18H16ClFN2O6S. The lowest BCUT2D eigenvalue weighted by Gasteiger charge is -2.09. The summed E-state index contributed by atoms with van der Waals surface area (Å²) in [5.74, 6) is -2.11. The number of sulfonamides is 1. The summed E-state index contributed by atoms with van der Waals surface area (Å²) in [6, 6.07) is 7.12. The number of hydrogen-bond acceptors (Lipinski definition) is 6. The number of carbonyl (C=O) groups excluding carboxylic acids is 1. The number of oxazole rings is 1. The van der Waals surface area contributed by atoms with Crippen molar-refractivity contribution in [1.29, 1.82) is 0 Å². The first-order valence-electron chi connectivity index (χ1n) is 8.48. The Morgan fingerprint density at radius 1 is 1.28 bits per heavy atom. The molecular weight excluding hydrogens is 427 g/mol. The largest absolute Gasteiger partial charge is 0.464 e. The van der Waals surface area contributed by atoms with Gasteiger partial charge in [0.2, 0.25) is 0 Å². The summed E-state index contributed by atoms with van der Waals surface area (Å²) in [7, 11) is -4.07. The molecule has 0 fully saturated rings. The highest BCUT2D eigenvalue weighted by Gasteiger charge is 2.19. The van der Waals surface area contributed by atoms with Gasteiger partial charge in [-0.05, 0) is 36.8 Å². The van der Waals surface area contributed by atoms with E-state index in [0.717, 1.165) is 22.8 Å². The molecule has 3 rings (SSSR count). The Morgan fingerprint density at radius 2 is 2.03 bits per heavy atom. The zero-order chi connectivity index (χ0) is 21.2. The van der Waals surface area contributed by atoms with Gasteiger partial charge in [-0.15, -0.1) is 0 Å². The van der Waals surface area contributed by atoms with Crippen LogP contribution in [-0.2, 0) is 26.1 Å². The highest BCUT2D eigenvalue weighted by atomic mass is 35.5. The number of hydrogen-bond donors (Lipinski definition) is 1. The Balaban J connectivity index is 1.90. The van der Waals surface area contributed by atoms with Gasteiger partial charge in [0.15, 0.2) is 5.58 Å². The van der Waals surface area contributed by atoms with E-state index in [1.807, 2.05) is 6.92 Å². The van der Waals surface area contributed by atoms with Gasteiger partial charge in [0.05, 0.1) is 27.7 Å². The van der Waals surface area contributed by atoms with Crippen molar-refractivity contribution in [3.8, 4) is 0 Å². The average Bonchev–Trinajstić information content (AvgIpc) is 2.97. The van der Waals surface area contributed by atoms with Crippen LogP contribution in [0.15, 0.2) is 50.5 Å². The lowest BCUT2D eigenvalue weighted by atomic mass is 10.3. The fraction of sp³-hybridized carbons (Fsp3) is 0.222. The van der Waals surface area contributed by atoms with E-state index < -0.39 is 27.6 Å². The summed E-state index contributed by atoms with van der Waals surface area (Å²) < 4.78 is 51.7. The second-order valence-electron chi connectivity index (χ2n) is 6.04. The van der Waals surface area contributed by atoms with Gasteiger partial charge in [0.1, 0.15) is 12.4 Å². The van der Waals surface area contributed by atoms with Crippen LogP contribution in [0.5, 0.6) is 0 Å². The van der Waals surface area contributed by atoms with Crippen molar-refractivity contribution < 1.29 is 26.8 Å². The summed E-state index contributed by atoms with van der Waals surface area (Å²) >= 11 is 5.66. The molecule has 29 heavy (non-hydrogen) atoms. The maximum Gasteiger partial charge on any atom is 0.420 e. The summed E-state index contributed by atoms with van der Waals surface area (Å²) in [6.45, 7) is 1.71. The Labute approximate surface area is 169 Å². The van der Waals surface area contributed by atoms with E-state index in [-0.39, 0.29) is 39.9 Å². The molecule has 0 spiro atoms. The number of esters is 1. The van der Waals surface area contributed by atoms with Gasteiger partial charge >= 0.3 is 11.7 Å². The maximum atomic E-state index is 13.2. The molecule has 0 amide bonds. The monoisotopic (exact) mass is 442 g/mol. The van der Waals surface area contributed by atoms with Crippen LogP contribution in [0.25, 0.3) is 11.1 Å². The number of carbonyl (C=O) groups is 1. The van der Waals surface area contributed by atoms with Crippen molar-refractivity contribution >= 4 is 44.4 Å². The average molecular weight is 443 g/mol. The van der Waals surface area contributed by atoms with Gasteiger partial charge in [0.25, 0.3) is 10.0 Å². The smallest absolute Gasteiger partial charge is 0.420 e. The van der Waals surface area contributed by atoms with Crippen LogP contribution < -0.4 is 10.5 Å². The Morgan fingerprint density at radius 3 is 2.72 bits per heavy atom. The summed E-state index contributed by atoms with van der Waals surface area (Å²) in [5.41, 5.74) is 0.291. The van der Waals surface area contributed by atoms with Gasteiger partial charge in [-0.2, -0.15) is 0 Å². The number of benzene rings is 2. The molecule has 1 heterocycles. The number of ether oxygens (including phenoxy) is 1. The molecule has 154 valence electrons. The first kappa shape index (κ1) is 20.9. The standard InChI is InChI=1S/C18H16ClFN2O6S/c1-2-7-27-17(23)10-22-15-6-4-12(9-16(15)28-18(22)24)29(25,26)21-11-3-5-14(20)13(19)8-11/h3-6,8-9,21H,2,7,10H2,1H3. The van der Waals surface area contributed by atoms with Crippen LogP contribution in [0.1, 0.15) is 13.3 Å². The van der Waals surface area contributed by atoms with Crippen LogP contribution in [0.4, 0.5) is 10.1 Å². The molecule has 0 aliphatic rings. The van der Waals surface area contributed by atoms with Crippen molar-refractivity contribution in [3.05, 3.63) is 57.8 Å². The fourth-order valence-electron chi connectivity index (χ4n) is 2.53. The van der Waals surface area contributed by atoms with Gasteiger partial charge in [-0.3, -0.25) is 14.1 Å². The number of rotatable bonds is 7. The Kier molecular flexibility index (Phi) is 5.94. The normalized spacial score (nSPS) is 11.6. The third-order valence-corrected chi connectivity index (χ3v) is 5.54. The number of nitrogens with one attached hydrogen (secondary N) is 1. The second kappa shape index (κ2) is 8.26. The summed E-state index contributed by atoms with van der Waals surface area (Å²) in [5, 5.41) is -0.237. The Hall–Kier alpha value is -2.85. The van der Waals surface area contributed by atoms with Crippen LogP contribution in [0, 0.1) is 5.82 Å². The predicted molar refractivity (Wildman–Crippen MR) is 104 cm³/mol. The minimum absolute atomic E-state index is 0.0155. The van der Waals surface area contributed by atoms with Crippen LogP contribution in [-0.4, -0.2) is 25.6 Å². The molecule has 0 unspecified atom stereocenters. The highest BCUT2D eigenvalue weighted by Crippen LogP contribution is 2.24. The van der Waals surface area contributed by atoms with E-state index in [0.29, 0.717) is 6.42 Å². The molecule has 0 bridgehead atoms. The first-order chi connectivity index (χ1) is 13.7. The second-order valence-corrected chi connectivity index (χ2v) is 8.13. The number of fused-ring (bicyclic) bond motifs is 1. The van der Waals surface area contributed by atoms with Gasteiger partial charge in [-0.1, -0.05) is 18.5 Å². The minimum Gasteiger partial charge on any atom is -0.464 e. The van der Waals surface area contributed by atoms with Crippen LogP contribution in [0.2, 0.25) is 5.02 Å². The molecule has 0 atom stereocenters. The third-order valence-electron chi connectivity index (χ3n) is 3.88. The van der Waals surface area contributed by atoms with E-state index in [1.165, 1.54) is 18.2 Å². The van der Waals surface area contributed by atoms with Crippen molar-refractivity contribution in [2.75, 3.05) is 11.3 Å². The molecule has 1 N–H and O–H groups in total. The van der Waals surface area contributed by atoms with Crippen LogP contribution >= 0.6 is 11.6 Å². The zero-order valence-corrected chi connectivity index (χ0v) is 16.7. The van der Waals surface area contributed by atoms with E-state index in [1.54, 1.807) is 0 Å². The molecule has 8 nitrogen and oxygen atoms in total. The van der Waals surface area contributed by atoms with Gasteiger partial charge < -0.3 is 9.15 Å². The molecule has 0 saturated carbocycles. The molecule has 3 aromatic rings. The van der Waals surface area contributed by atoms with Crippen molar-refractivity contribution in [1.82, 2.24) is 4.57 Å². The van der Waals surface area contributed by atoms with Crippen molar-refractivity contribution in [3.63, 3.8) is 0 Å². The maximum absolute atomic E-state index is 13.2.